The lowest BCUT2D eigenvalue weighted by Gasteiger charge is -2.32. The summed E-state index contributed by atoms with van der Waals surface area (Å²) in [6, 6.07) is 19.0. The third kappa shape index (κ3) is 7.63. The van der Waals surface area contributed by atoms with Gasteiger partial charge in [0.05, 0.1) is 6.42 Å². The van der Waals surface area contributed by atoms with Crippen LogP contribution in [0.3, 0.4) is 0 Å². The first-order chi connectivity index (χ1) is 17.2. The smallest absolute Gasteiger partial charge is 0.243 e. The topological polar surface area (TPSA) is 49.4 Å². The minimum Gasteiger partial charge on any atom is -0.354 e. The van der Waals surface area contributed by atoms with Gasteiger partial charge in [0, 0.05) is 45.2 Å². The Kier molecular flexibility index (Phi) is 10.5. The molecule has 0 aliphatic heterocycles. The number of carbonyl (C=O) groups is 2. The van der Waals surface area contributed by atoms with Crippen molar-refractivity contribution in [1.82, 2.24) is 10.2 Å². The lowest BCUT2D eigenvalue weighted by atomic mass is 10.0. The molecule has 0 heterocycles. The van der Waals surface area contributed by atoms with E-state index in [9.17, 15) is 9.59 Å². The van der Waals surface area contributed by atoms with Crippen LogP contribution in [0.5, 0.6) is 0 Å². The number of benzene rings is 3. The molecule has 0 fully saturated rings. The summed E-state index contributed by atoms with van der Waals surface area (Å²) < 4.78 is 0. The third-order valence-electron chi connectivity index (χ3n) is 5.74. The van der Waals surface area contributed by atoms with E-state index >= 15 is 0 Å². The Labute approximate surface area is 232 Å². The number of rotatable bonds is 10. The Hall–Kier alpha value is -2.24. The molecule has 0 saturated carbocycles. The first-order valence-electron chi connectivity index (χ1n) is 11.6. The van der Waals surface area contributed by atoms with Crippen LogP contribution in [0.4, 0.5) is 0 Å². The van der Waals surface area contributed by atoms with E-state index in [1.807, 2.05) is 44.2 Å². The molecule has 3 rings (SSSR count). The summed E-state index contributed by atoms with van der Waals surface area (Å²) in [4.78, 5) is 28.9. The van der Waals surface area contributed by atoms with Gasteiger partial charge in [-0.05, 0) is 41.3 Å². The van der Waals surface area contributed by atoms with Crippen molar-refractivity contribution in [2.45, 2.75) is 39.3 Å². The molecular formula is C28H28Cl4N2O2. The van der Waals surface area contributed by atoms with Gasteiger partial charge in [-0.25, -0.2) is 0 Å². The van der Waals surface area contributed by atoms with Gasteiger partial charge in [-0.2, -0.15) is 0 Å². The van der Waals surface area contributed by atoms with Crippen molar-refractivity contribution in [3.05, 3.63) is 104 Å². The molecule has 3 aromatic carbocycles. The average molecular weight is 566 g/mol. The van der Waals surface area contributed by atoms with Gasteiger partial charge >= 0.3 is 0 Å². The molecule has 0 saturated heterocycles. The van der Waals surface area contributed by atoms with Gasteiger partial charge in [0.15, 0.2) is 0 Å². The average Bonchev–Trinajstić information content (AvgIpc) is 2.84. The number of amides is 2. The van der Waals surface area contributed by atoms with Gasteiger partial charge < -0.3 is 10.2 Å². The molecule has 1 N–H and O–H groups in total. The van der Waals surface area contributed by atoms with Crippen molar-refractivity contribution >= 4 is 58.2 Å². The maximum Gasteiger partial charge on any atom is 0.243 e. The second kappa shape index (κ2) is 13.3. The van der Waals surface area contributed by atoms with Gasteiger partial charge in [-0.3, -0.25) is 9.59 Å². The highest BCUT2D eigenvalue weighted by molar-refractivity contribution is 6.36. The molecule has 0 spiro atoms. The quantitative estimate of drug-likeness (QED) is 0.281. The van der Waals surface area contributed by atoms with Crippen molar-refractivity contribution in [3.63, 3.8) is 0 Å². The first kappa shape index (κ1) is 28.3. The molecular weight excluding hydrogens is 538 g/mol. The lowest BCUT2D eigenvalue weighted by molar-refractivity contribution is -0.140. The normalized spacial score (nSPS) is 11.9. The summed E-state index contributed by atoms with van der Waals surface area (Å²) in [5.41, 5.74) is 1.98. The molecule has 4 nitrogen and oxygen atoms in total. The fourth-order valence-corrected chi connectivity index (χ4v) is 4.83. The van der Waals surface area contributed by atoms with Crippen LogP contribution in [0.2, 0.25) is 20.1 Å². The highest BCUT2D eigenvalue weighted by atomic mass is 35.5. The molecule has 8 heteroatoms. The summed E-state index contributed by atoms with van der Waals surface area (Å²) in [5.74, 6) is -0.327. The summed E-state index contributed by atoms with van der Waals surface area (Å²) in [5, 5.41) is 4.59. The van der Waals surface area contributed by atoms with Crippen molar-refractivity contribution in [2.75, 3.05) is 6.54 Å². The molecule has 0 aromatic heterocycles. The highest BCUT2D eigenvalue weighted by Crippen LogP contribution is 2.29. The van der Waals surface area contributed by atoms with E-state index in [1.165, 1.54) is 4.90 Å². The van der Waals surface area contributed by atoms with Crippen LogP contribution in [-0.4, -0.2) is 29.3 Å². The fraction of sp³-hybridized carbons (Fsp3) is 0.286. The van der Waals surface area contributed by atoms with E-state index in [4.69, 9.17) is 46.4 Å². The molecule has 190 valence electrons. The van der Waals surface area contributed by atoms with Crippen LogP contribution in [0.1, 0.15) is 30.5 Å². The van der Waals surface area contributed by atoms with Crippen molar-refractivity contribution in [1.29, 1.82) is 0 Å². The SMILES string of the molecule is CC(C)CNC(=O)C(Cc1ccccc1)N(Cc1c(Cl)cccc1Cl)C(=O)Cc1c(Cl)cccc1Cl. The van der Waals surface area contributed by atoms with Gasteiger partial charge in [0.2, 0.25) is 11.8 Å². The lowest BCUT2D eigenvalue weighted by Crippen LogP contribution is -2.51. The Bertz CT molecular complexity index is 1160. The highest BCUT2D eigenvalue weighted by Gasteiger charge is 2.32. The molecule has 3 aromatic rings. The van der Waals surface area contributed by atoms with Crippen molar-refractivity contribution in [2.24, 2.45) is 5.92 Å². The molecule has 0 aliphatic carbocycles. The summed E-state index contributed by atoms with van der Waals surface area (Å²) >= 11 is 25.7. The van der Waals surface area contributed by atoms with E-state index in [0.29, 0.717) is 44.2 Å². The minimum absolute atomic E-state index is 0.0476. The first-order valence-corrected chi connectivity index (χ1v) is 13.2. The standard InChI is InChI=1S/C28H28Cl4N2O2/c1-18(2)16-33-28(36)26(14-19-8-4-3-5-9-19)34(17-21-24(31)12-7-13-25(21)32)27(35)15-20-22(29)10-6-11-23(20)30/h3-13,18,26H,14-17H2,1-2H3,(H,33,36). The monoisotopic (exact) mass is 564 g/mol. The third-order valence-corrected chi connectivity index (χ3v) is 7.15. The maximum atomic E-state index is 13.9. The zero-order chi connectivity index (χ0) is 26.2. The van der Waals surface area contributed by atoms with E-state index in [-0.39, 0.29) is 30.7 Å². The summed E-state index contributed by atoms with van der Waals surface area (Å²) in [6.07, 6.45) is 0.234. The molecule has 1 unspecified atom stereocenters. The fourth-order valence-electron chi connectivity index (χ4n) is 3.78. The van der Waals surface area contributed by atoms with Crippen LogP contribution in [-0.2, 0) is 29.0 Å². The number of hydrogen-bond donors (Lipinski definition) is 1. The molecule has 0 aliphatic rings. The second-order valence-corrected chi connectivity index (χ2v) is 10.6. The van der Waals surface area contributed by atoms with Gasteiger partial charge in [-0.15, -0.1) is 0 Å². The van der Waals surface area contributed by atoms with Crippen molar-refractivity contribution in [3.8, 4) is 0 Å². The predicted octanol–water partition coefficient (Wildman–Crippen LogP) is 7.26. The number of nitrogens with one attached hydrogen (secondary N) is 1. The largest absolute Gasteiger partial charge is 0.354 e. The van der Waals surface area contributed by atoms with Crippen LogP contribution in [0.15, 0.2) is 66.7 Å². The van der Waals surface area contributed by atoms with Gasteiger partial charge in [0.25, 0.3) is 0 Å². The Morgan fingerprint density at radius 1 is 0.778 bits per heavy atom. The van der Waals surface area contributed by atoms with Crippen LogP contribution < -0.4 is 5.32 Å². The summed E-state index contributed by atoms with van der Waals surface area (Å²) in [6.45, 7) is 4.55. The van der Waals surface area contributed by atoms with Gasteiger partial charge in [0.1, 0.15) is 6.04 Å². The number of carbonyl (C=O) groups excluding carboxylic acids is 2. The second-order valence-electron chi connectivity index (χ2n) is 8.94. The Morgan fingerprint density at radius 2 is 1.31 bits per heavy atom. The van der Waals surface area contributed by atoms with E-state index in [0.717, 1.165) is 5.56 Å². The summed E-state index contributed by atoms with van der Waals surface area (Å²) in [7, 11) is 0. The molecule has 0 bridgehead atoms. The van der Waals surface area contributed by atoms with Crippen molar-refractivity contribution < 1.29 is 9.59 Å². The van der Waals surface area contributed by atoms with E-state index < -0.39 is 6.04 Å². The number of halogens is 4. The Balaban J connectivity index is 2.04. The number of hydrogen-bond acceptors (Lipinski definition) is 2. The predicted molar refractivity (Wildman–Crippen MR) is 149 cm³/mol. The maximum absolute atomic E-state index is 13.9. The molecule has 36 heavy (non-hydrogen) atoms. The zero-order valence-corrected chi connectivity index (χ0v) is 23.1. The molecule has 0 radical (unpaired) electrons. The van der Waals surface area contributed by atoms with Crippen LogP contribution in [0, 0.1) is 5.92 Å². The minimum atomic E-state index is -0.813. The van der Waals surface area contributed by atoms with E-state index in [2.05, 4.69) is 5.32 Å². The van der Waals surface area contributed by atoms with Crippen LogP contribution >= 0.6 is 46.4 Å². The van der Waals surface area contributed by atoms with E-state index in [1.54, 1.807) is 36.4 Å². The number of nitrogens with zero attached hydrogens (tertiary/aromatic N) is 1. The van der Waals surface area contributed by atoms with Crippen LogP contribution in [0.25, 0.3) is 0 Å². The zero-order valence-electron chi connectivity index (χ0n) is 20.1. The van der Waals surface area contributed by atoms with Gasteiger partial charge in [-0.1, -0.05) is 103 Å². The molecule has 1 atom stereocenters. The molecule has 2 amide bonds. The Morgan fingerprint density at radius 3 is 1.83 bits per heavy atom.